The highest BCUT2D eigenvalue weighted by atomic mass is 35.5. The quantitative estimate of drug-likeness (QED) is 0.163. The van der Waals surface area contributed by atoms with Crippen LogP contribution in [0.1, 0.15) is 31.4 Å². The first-order valence-corrected chi connectivity index (χ1v) is 17.1. The summed E-state index contributed by atoms with van der Waals surface area (Å²) in [6, 6.07) is 27.8. The molecule has 47 heavy (non-hydrogen) atoms. The van der Waals surface area contributed by atoms with E-state index in [1.165, 1.54) is 37.3 Å². The Balaban J connectivity index is 1.83. The first-order chi connectivity index (χ1) is 22.6. The van der Waals surface area contributed by atoms with E-state index in [0.717, 1.165) is 15.4 Å². The minimum absolute atomic E-state index is 0.00202. The van der Waals surface area contributed by atoms with Gasteiger partial charge in [-0.15, -0.1) is 0 Å². The van der Waals surface area contributed by atoms with Gasteiger partial charge in [0.25, 0.3) is 10.0 Å². The third-order valence-electron chi connectivity index (χ3n) is 7.80. The Bertz CT molecular complexity index is 1740. The lowest BCUT2D eigenvalue weighted by Gasteiger charge is -2.34. The molecule has 0 saturated carbocycles. The summed E-state index contributed by atoms with van der Waals surface area (Å²) in [4.78, 5) is 30.0. The predicted molar refractivity (Wildman–Crippen MR) is 184 cm³/mol. The SMILES string of the molecule is CC[C@H](C)NC(=O)[C@@H](Cc1ccccc1)N(Cc1ccc(Cl)cc1)C(=O)CN(c1ccc(OC)c(OC)c1)S(=O)(=O)c1ccccc1. The molecule has 4 aromatic rings. The minimum Gasteiger partial charge on any atom is -0.493 e. The molecular weight excluding hydrogens is 638 g/mol. The smallest absolute Gasteiger partial charge is 0.264 e. The summed E-state index contributed by atoms with van der Waals surface area (Å²) in [5.41, 5.74) is 1.76. The molecule has 0 aliphatic carbocycles. The Morgan fingerprint density at radius 2 is 1.45 bits per heavy atom. The summed E-state index contributed by atoms with van der Waals surface area (Å²) in [5, 5.41) is 3.56. The maximum Gasteiger partial charge on any atom is 0.264 e. The van der Waals surface area contributed by atoms with E-state index in [1.54, 1.807) is 54.6 Å². The first kappa shape index (κ1) is 35.3. The van der Waals surface area contributed by atoms with Crippen molar-refractivity contribution in [1.82, 2.24) is 10.2 Å². The van der Waals surface area contributed by atoms with Crippen LogP contribution < -0.4 is 19.1 Å². The maximum absolute atomic E-state index is 14.6. The van der Waals surface area contributed by atoms with Crippen LogP contribution in [0.3, 0.4) is 0 Å². The van der Waals surface area contributed by atoms with Gasteiger partial charge in [0.15, 0.2) is 11.5 Å². The molecule has 2 atom stereocenters. The van der Waals surface area contributed by atoms with Gasteiger partial charge < -0.3 is 19.7 Å². The molecule has 9 nitrogen and oxygen atoms in total. The lowest BCUT2D eigenvalue weighted by atomic mass is 10.0. The van der Waals surface area contributed by atoms with Gasteiger partial charge in [0.05, 0.1) is 24.8 Å². The van der Waals surface area contributed by atoms with E-state index in [9.17, 15) is 18.0 Å². The second-order valence-electron chi connectivity index (χ2n) is 11.0. The molecule has 0 fully saturated rings. The van der Waals surface area contributed by atoms with Crippen LogP contribution in [0.2, 0.25) is 5.02 Å². The fourth-order valence-corrected chi connectivity index (χ4v) is 6.56. The number of nitrogens with one attached hydrogen (secondary N) is 1. The highest BCUT2D eigenvalue weighted by Gasteiger charge is 2.35. The molecule has 2 amide bonds. The van der Waals surface area contributed by atoms with Crippen LogP contribution in [-0.2, 0) is 32.6 Å². The number of halogens is 1. The van der Waals surface area contributed by atoms with Crippen molar-refractivity contribution >= 4 is 39.1 Å². The number of nitrogens with zero attached hydrogens (tertiary/aromatic N) is 2. The van der Waals surface area contributed by atoms with Gasteiger partial charge in [-0.2, -0.15) is 0 Å². The highest BCUT2D eigenvalue weighted by Crippen LogP contribution is 2.34. The van der Waals surface area contributed by atoms with Crippen LogP contribution in [0.4, 0.5) is 5.69 Å². The Morgan fingerprint density at radius 1 is 0.830 bits per heavy atom. The van der Waals surface area contributed by atoms with Gasteiger partial charge in [0, 0.05) is 30.1 Å². The lowest BCUT2D eigenvalue weighted by molar-refractivity contribution is -0.140. The van der Waals surface area contributed by atoms with Crippen LogP contribution in [0.25, 0.3) is 0 Å². The van der Waals surface area contributed by atoms with Crippen molar-refractivity contribution < 1.29 is 27.5 Å². The number of methoxy groups -OCH3 is 2. The number of carbonyl (C=O) groups is 2. The Kier molecular flexibility index (Phi) is 12.3. The minimum atomic E-state index is -4.26. The average molecular weight is 678 g/mol. The van der Waals surface area contributed by atoms with E-state index in [-0.39, 0.29) is 35.5 Å². The largest absolute Gasteiger partial charge is 0.493 e. The number of sulfonamides is 1. The molecular formula is C36H40ClN3O6S. The van der Waals surface area contributed by atoms with E-state index in [1.807, 2.05) is 44.2 Å². The molecule has 4 rings (SSSR count). The molecule has 0 unspecified atom stereocenters. The van der Waals surface area contributed by atoms with Gasteiger partial charge in [-0.3, -0.25) is 13.9 Å². The van der Waals surface area contributed by atoms with Crippen LogP contribution >= 0.6 is 11.6 Å². The predicted octanol–water partition coefficient (Wildman–Crippen LogP) is 6.11. The summed E-state index contributed by atoms with van der Waals surface area (Å²) < 4.78 is 40.3. The van der Waals surface area contributed by atoms with Gasteiger partial charge in [-0.25, -0.2) is 8.42 Å². The van der Waals surface area contributed by atoms with E-state index >= 15 is 0 Å². The number of amides is 2. The van der Waals surface area contributed by atoms with Crippen LogP contribution in [0, 0.1) is 0 Å². The first-order valence-electron chi connectivity index (χ1n) is 15.2. The fraction of sp³-hybridized carbons (Fsp3) is 0.278. The van der Waals surface area contributed by atoms with E-state index in [4.69, 9.17) is 21.1 Å². The topological polar surface area (TPSA) is 105 Å². The van der Waals surface area contributed by atoms with Crippen LogP contribution in [0.5, 0.6) is 11.5 Å². The Labute approximate surface area is 282 Å². The second-order valence-corrected chi connectivity index (χ2v) is 13.3. The molecule has 0 spiro atoms. The molecule has 11 heteroatoms. The van der Waals surface area contributed by atoms with Crippen molar-refractivity contribution in [1.29, 1.82) is 0 Å². The van der Waals surface area contributed by atoms with Crippen molar-refractivity contribution in [3.63, 3.8) is 0 Å². The summed E-state index contributed by atoms with van der Waals surface area (Å²) in [7, 11) is -1.34. The second kappa shape index (κ2) is 16.3. The lowest BCUT2D eigenvalue weighted by Crippen LogP contribution is -2.54. The highest BCUT2D eigenvalue weighted by molar-refractivity contribution is 7.92. The molecule has 248 valence electrons. The molecule has 0 radical (unpaired) electrons. The zero-order chi connectivity index (χ0) is 34.0. The third kappa shape index (κ3) is 9.05. The Morgan fingerprint density at radius 3 is 2.04 bits per heavy atom. The summed E-state index contributed by atoms with van der Waals surface area (Å²) in [6.07, 6.45) is 0.904. The number of hydrogen-bond acceptors (Lipinski definition) is 6. The van der Waals surface area contributed by atoms with Gasteiger partial charge in [-0.1, -0.05) is 79.2 Å². The average Bonchev–Trinajstić information content (AvgIpc) is 3.09. The van der Waals surface area contributed by atoms with Gasteiger partial charge >= 0.3 is 0 Å². The Hall–Kier alpha value is -4.54. The summed E-state index contributed by atoms with van der Waals surface area (Å²) in [5.74, 6) is -0.226. The zero-order valence-corrected chi connectivity index (χ0v) is 28.5. The third-order valence-corrected chi connectivity index (χ3v) is 9.84. The zero-order valence-electron chi connectivity index (χ0n) is 26.9. The summed E-state index contributed by atoms with van der Waals surface area (Å²) in [6.45, 7) is 3.30. The molecule has 4 aromatic carbocycles. The number of carbonyl (C=O) groups excluding carboxylic acids is 2. The van der Waals surface area contributed by atoms with Gasteiger partial charge in [0.2, 0.25) is 11.8 Å². The standard InChI is InChI=1S/C36H40ClN3O6S/c1-5-26(2)38-36(42)32(22-27-12-8-6-9-13-27)39(24-28-16-18-29(37)19-17-28)35(41)25-40(47(43,44)31-14-10-7-11-15-31)30-20-21-33(45-3)34(23-30)46-4/h6-21,23,26,32H,5,22,24-25H2,1-4H3,(H,38,42)/t26-,32+/m0/s1. The molecule has 0 bridgehead atoms. The molecule has 0 heterocycles. The maximum atomic E-state index is 14.6. The van der Waals surface area contributed by atoms with Crippen molar-refractivity contribution in [3.05, 3.63) is 119 Å². The molecule has 0 aliphatic heterocycles. The van der Waals surface area contributed by atoms with Crippen molar-refractivity contribution in [2.75, 3.05) is 25.1 Å². The van der Waals surface area contributed by atoms with E-state index in [0.29, 0.717) is 22.9 Å². The normalized spacial score (nSPS) is 12.4. The van der Waals surface area contributed by atoms with Crippen molar-refractivity contribution in [2.45, 2.75) is 50.2 Å². The van der Waals surface area contributed by atoms with Crippen molar-refractivity contribution in [3.8, 4) is 11.5 Å². The fourth-order valence-electron chi connectivity index (χ4n) is 5.01. The monoisotopic (exact) mass is 677 g/mol. The molecule has 1 N–H and O–H groups in total. The molecule has 0 aromatic heterocycles. The number of hydrogen-bond donors (Lipinski definition) is 1. The van der Waals surface area contributed by atoms with Gasteiger partial charge in [-0.05, 0) is 60.9 Å². The number of benzene rings is 4. The summed E-state index contributed by atoms with van der Waals surface area (Å²) >= 11 is 6.16. The van der Waals surface area contributed by atoms with E-state index in [2.05, 4.69) is 5.32 Å². The number of rotatable bonds is 15. The molecule has 0 saturated heterocycles. The number of ether oxygens (including phenoxy) is 2. The van der Waals surface area contributed by atoms with Crippen LogP contribution in [0.15, 0.2) is 108 Å². The van der Waals surface area contributed by atoms with Gasteiger partial charge in [0.1, 0.15) is 12.6 Å². The van der Waals surface area contributed by atoms with Crippen molar-refractivity contribution in [2.24, 2.45) is 0 Å². The molecule has 0 aliphatic rings. The number of anilines is 1. The van der Waals surface area contributed by atoms with Crippen LogP contribution in [-0.4, -0.2) is 58.0 Å². The van der Waals surface area contributed by atoms with E-state index < -0.39 is 28.5 Å².